The predicted octanol–water partition coefficient (Wildman–Crippen LogP) is 11.4. The summed E-state index contributed by atoms with van der Waals surface area (Å²) in [6.07, 6.45) is -0.258. The predicted molar refractivity (Wildman–Crippen MR) is 213 cm³/mol. The van der Waals surface area contributed by atoms with Crippen molar-refractivity contribution in [1.29, 1.82) is 0 Å². The van der Waals surface area contributed by atoms with E-state index in [4.69, 9.17) is 24.7 Å². The fraction of sp³-hybridized carbons (Fsp3) is 0.0213. The average molecular weight is 682 g/mol. The molecular formula is C47H31N5O. The highest BCUT2D eigenvalue weighted by molar-refractivity contribution is 6.18. The van der Waals surface area contributed by atoms with Crippen LogP contribution in [0.4, 0.5) is 5.69 Å². The Morgan fingerprint density at radius 3 is 1.64 bits per heavy atom. The van der Waals surface area contributed by atoms with E-state index in [1.54, 1.807) is 0 Å². The zero-order chi connectivity index (χ0) is 35.1. The van der Waals surface area contributed by atoms with E-state index in [2.05, 4.69) is 96.3 Å². The number of ether oxygens (including phenoxy) is 1. The summed E-state index contributed by atoms with van der Waals surface area (Å²) in [7, 11) is 0. The van der Waals surface area contributed by atoms with E-state index in [0.29, 0.717) is 17.5 Å². The molecule has 1 N–H and O–H groups in total. The fourth-order valence-corrected chi connectivity index (χ4v) is 7.15. The summed E-state index contributed by atoms with van der Waals surface area (Å²) in [5.41, 5.74) is 9.96. The second-order valence-electron chi connectivity index (χ2n) is 13.1. The lowest BCUT2D eigenvalue weighted by atomic mass is 9.96. The Balaban J connectivity index is 1.03. The molecule has 250 valence electrons. The normalized spacial score (nSPS) is 13.4. The van der Waals surface area contributed by atoms with Crippen LogP contribution in [-0.4, -0.2) is 19.9 Å². The summed E-state index contributed by atoms with van der Waals surface area (Å²) >= 11 is 0. The standard InChI is InChI=1S/C47H31N5O/c1-4-13-31(14-5-1)44-50-45(32-15-6-2-7-16-32)52-46(51-44)33-25-23-30(24-26-33)35-19-12-20-36(29-35)42-38-27-28-40-43(41(38)37-21-10-11-22-39(37)48-42)49-47(53-40)34-17-8-3-9-18-34/h1-29,47,49H. The zero-order valence-corrected chi connectivity index (χ0v) is 28.5. The smallest absolute Gasteiger partial charge is 0.196 e. The summed E-state index contributed by atoms with van der Waals surface area (Å²) in [5, 5.41) is 6.95. The number of rotatable bonds is 6. The van der Waals surface area contributed by atoms with Gasteiger partial charge in [-0.3, -0.25) is 0 Å². The topological polar surface area (TPSA) is 72.8 Å². The van der Waals surface area contributed by atoms with E-state index in [-0.39, 0.29) is 6.23 Å². The number of nitrogens with zero attached hydrogens (tertiary/aromatic N) is 4. The molecule has 7 aromatic carbocycles. The Labute approximate surface area is 306 Å². The van der Waals surface area contributed by atoms with Gasteiger partial charge in [0.2, 0.25) is 0 Å². The number of hydrogen-bond acceptors (Lipinski definition) is 6. The monoisotopic (exact) mass is 681 g/mol. The van der Waals surface area contributed by atoms with Gasteiger partial charge in [-0.25, -0.2) is 19.9 Å². The number of hydrogen-bond donors (Lipinski definition) is 1. The number of benzene rings is 7. The molecule has 0 fully saturated rings. The van der Waals surface area contributed by atoms with E-state index in [1.165, 1.54) is 0 Å². The van der Waals surface area contributed by atoms with Gasteiger partial charge in [0.15, 0.2) is 23.7 Å². The van der Waals surface area contributed by atoms with Crippen LogP contribution < -0.4 is 10.1 Å². The molecule has 0 bridgehead atoms. The molecular weight excluding hydrogens is 651 g/mol. The van der Waals surface area contributed by atoms with Gasteiger partial charge in [0.05, 0.1) is 16.9 Å². The van der Waals surface area contributed by atoms with Gasteiger partial charge >= 0.3 is 0 Å². The lowest BCUT2D eigenvalue weighted by molar-refractivity contribution is 0.260. The Morgan fingerprint density at radius 1 is 0.415 bits per heavy atom. The largest absolute Gasteiger partial charge is 0.464 e. The number of nitrogens with one attached hydrogen (secondary N) is 1. The maximum absolute atomic E-state index is 6.43. The van der Waals surface area contributed by atoms with Crippen LogP contribution >= 0.6 is 0 Å². The van der Waals surface area contributed by atoms with Crippen LogP contribution in [-0.2, 0) is 0 Å². The lowest BCUT2D eigenvalue weighted by Gasteiger charge is -2.14. The van der Waals surface area contributed by atoms with Gasteiger partial charge in [-0.15, -0.1) is 0 Å². The summed E-state index contributed by atoms with van der Waals surface area (Å²) in [6.45, 7) is 0. The van der Waals surface area contributed by atoms with Crippen LogP contribution in [0.15, 0.2) is 176 Å². The third kappa shape index (κ3) is 5.63. The van der Waals surface area contributed by atoms with E-state index in [1.807, 2.05) is 84.9 Å². The van der Waals surface area contributed by atoms with Gasteiger partial charge in [-0.05, 0) is 35.4 Å². The summed E-state index contributed by atoms with van der Waals surface area (Å²) in [6, 6.07) is 59.9. The van der Waals surface area contributed by atoms with Crippen molar-refractivity contribution < 1.29 is 4.74 Å². The second kappa shape index (κ2) is 12.9. The molecule has 0 aliphatic carbocycles. The molecule has 10 rings (SSSR count). The first-order valence-electron chi connectivity index (χ1n) is 17.7. The Morgan fingerprint density at radius 2 is 0.962 bits per heavy atom. The van der Waals surface area contributed by atoms with E-state index in [0.717, 1.165) is 77.8 Å². The minimum absolute atomic E-state index is 0.258. The first-order valence-corrected chi connectivity index (χ1v) is 17.7. The quantitative estimate of drug-likeness (QED) is 0.176. The van der Waals surface area contributed by atoms with Crippen LogP contribution in [0.25, 0.3) is 78.2 Å². The van der Waals surface area contributed by atoms with Gasteiger partial charge in [-0.2, -0.15) is 0 Å². The molecule has 6 nitrogen and oxygen atoms in total. The van der Waals surface area contributed by atoms with E-state index in [9.17, 15) is 0 Å². The molecule has 1 unspecified atom stereocenters. The molecule has 3 heterocycles. The molecule has 1 atom stereocenters. The lowest BCUT2D eigenvalue weighted by Crippen LogP contribution is -2.09. The third-order valence-electron chi connectivity index (χ3n) is 9.76. The summed E-state index contributed by atoms with van der Waals surface area (Å²) in [5.74, 6) is 2.76. The molecule has 0 spiro atoms. The maximum atomic E-state index is 6.43. The molecule has 0 radical (unpaired) electrons. The second-order valence-corrected chi connectivity index (χ2v) is 13.1. The van der Waals surface area contributed by atoms with Gasteiger partial charge in [0, 0.05) is 44.0 Å². The van der Waals surface area contributed by atoms with E-state index < -0.39 is 0 Å². The molecule has 53 heavy (non-hydrogen) atoms. The fourth-order valence-electron chi connectivity index (χ4n) is 7.15. The SMILES string of the molecule is c1ccc(-c2nc(-c3ccccc3)nc(-c3ccc(-c4cccc(-c5nc6ccccc6c6c7c(ccc56)OC(c5ccccc5)N7)c4)cc3)n2)cc1. The number of pyridine rings is 1. The molecule has 1 aliphatic rings. The molecule has 2 aromatic heterocycles. The zero-order valence-electron chi connectivity index (χ0n) is 28.5. The number of anilines is 1. The highest BCUT2D eigenvalue weighted by atomic mass is 16.5. The van der Waals surface area contributed by atoms with Gasteiger partial charge in [-0.1, -0.05) is 152 Å². The van der Waals surface area contributed by atoms with Crippen LogP contribution in [0, 0.1) is 0 Å². The van der Waals surface area contributed by atoms with Crippen LogP contribution in [0.2, 0.25) is 0 Å². The average Bonchev–Trinajstić information content (AvgIpc) is 3.69. The van der Waals surface area contributed by atoms with Crippen molar-refractivity contribution >= 4 is 27.4 Å². The molecule has 0 saturated carbocycles. The van der Waals surface area contributed by atoms with Crippen LogP contribution in [0.1, 0.15) is 11.8 Å². The van der Waals surface area contributed by atoms with Gasteiger partial charge < -0.3 is 10.1 Å². The van der Waals surface area contributed by atoms with Crippen molar-refractivity contribution in [2.24, 2.45) is 0 Å². The minimum Gasteiger partial charge on any atom is -0.464 e. The van der Waals surface area contributed by atoms with Gasteiger partial charge in [0.1, 0.15) is 5.75 Å². The third-order valence-corrected chi connectivity index (χ3v) is 9.76. The number of aromatic nitrogens is 4. The minimum atomic E-state index is -0.258. The summed E-state index contributed by atoms with van der Waals surface area (Å²) < 4.78 is 6.43. The first kappa shape index (κ1) is 30.6. The Kier molecular flexibility index (Phi) is 7.43. The molecule has 6 heteroatoms. The first-order chi connectivity index (χ1) is 26.2. The highest BCUT2D eigenvalue weighted by Gasteiger charge is 2.27. The molecule has 0 saturated heterocycles. The van der Waals surface area contributed by atoms with Crippen molar-refractivity contribution in [1.82, 2.24) is 19.9 Å². The van der Waals surface area contributed by atoms with Crippen molar-refractivity contribution in [2.45, 2.75) is 6.23 Å². The highest BCUT2D eigenvalue weighted by Crippen LogP contribution is 2.47. The molecule has 9 aromatic rings. The van der Waals surface area contributed by atoms with Crippen molar-refractivity contribution in [3.05, 3.63) is 181 Å². The molecule has 0 amide bonds. The van der Waals surface area contributed by atoms with E-state index >= 15 is 0 Å². The summed E-state index contributed by atoms with van der Waals surface area (Å²) in [4.78, 5) is 19.9. The maximum Gasteiger partial charge on any atom is 0.196 e. The van der Waals surface area contributed by atoms with Crippen molar-refractivity contribution in [3.63, 3.8) is 0 Å². The number of fused-ring (bicyclic) bond motifs is 5. The van der Waals surface area contributed by atoms with Crippen molar-refractivity contribution in [3.8, 4) is 62.3 Å². The number of para-hydroxylation sites is 1. The Bertz CT molecular complexity index is 2710. The van der Waals surface area contributed by atoms with Crippen LogP contribution in [0.3, 0.4) is 0 Å². The van der Waals surface area contributed by atoms with Crippen molar-refractivity contribution in [2.75, 3.05) is 5.32 Å². The van der Waals surface area contributed by atoms with Crippen LogP contribution in [0.5, 0.6) is 5.75 Å². The van der Waals surface area contributed by atoms with Gasteiger partial charge in [0.25, 0.3) is 0 Å². The molecule has 1 aliphatic heterocycles. The Hall–Kier alpha value is -7.18.